The van der Waals surface area contributed by atoms with Crippen LogP contribution in [0.15, 0.2) is 41.4 Å². The van der Waals surface area contributed by atoms with E-state index in [1.807, 2.05) is 50.4 Å². The average molecular weight is 284 g/mol. The van der Waals surface area contributed by atoms with Gasteiger partial charge in [0, 0.05) is 23.9 Å². The van der Waals surface area contributed by atoms with Crippen molar-refractivity contribution in [1.29, 1.82) is 0 Å². The Morgan fingerprint density at radius 3 is 3.00 bits per heavy atom. The molecular formula is C15H14N3OS. The molecule has 1 radical (unpaired) electrons. The minimum Gasteiger partial charge on any atom is -0.611 e. The first-order chi connectivity index (χ1) is 9.67. The molecule has 2 heterocycles. The molecule has 2 aromatic heterocycles. The summed E-state index contributed by atoms with van der Waals surface area (Å²) < 4.78 is 13.6. The lowest BCUT2D eigenvalue weighted by atomic mass is 10.1. The maximum Gasteiger partial charge on any atom is 0.183 e. The van der Waals surface area contributed by atoms with E-state index in [9.17, 15) is 4.55 Å². The van der Waals surface area contributed by atoms with Gasteiger partial charge >= 0.3 is 0 Å². The fourth-order valence-electron chi connectivity index (χ4n) is 2.07. The van der Waals surface area contributed by atoms with Gasteiger partial charge in [-0.15, -0.1) is 0 Å². The van der Waals surface area contributed by atoms with Gasteiger partial charge in [0.2, 0.25) is 0 Å². The number of fused-ring (bicyclic) bond motifs is 1. The van der Waals surface area contributed by atoms with Gasteiger partial charge in [0.15, 0.2) is 11.2 Å². The second kappa shape index (κ2) is 5.26. The Morgan fingerprint density at radius 2 is 2.20 bits per heavy atom. The van der Waals surface area contributed by atoms with Gasteiger partial charge in [-0.25, -0.2) is 9.97 Å². The number of imidazole rings is 1. The molecule has 0 fully saturated rings. The minimum absolute atomic E-state index is 0.613. The molecule has 0 aliphatic carbocycles. The van der Waals surface area contributed by atoms with Crippen molar-refractivity contribution in [2.45, 2.75) is 18.7 Å². The average Bonchev–Trinajstić information content (AvgIpc) is 2.85. The van der Waals surface area contributed by atoms with Crippen LogP contribution in [0.3, 0.4) is 0 Å². The number of hydrogen-bond acceptors (Lipinski definition) is 3. The summed E-state index contributed by atoms with van der Waals surface area (Å²) in [5.74, 6) is 0.613. The number of aryl methyl sites for hydroxylation is 1. The predicted molar refractivity (Wildman–Crippen MR) is 78.9 cm³/mol. The fraction of sp³-hybridized carbons (Fsp3) is 0.200. The predicted octanol–water partition coefficient (Wildman–Crippen LogP) is 2.63. The van der Waals surface area contributed by atoms with Gasteiger partial charge in [-0.1, -0.05) is 12.1 Å². The molecule has 0 aliphatic heterocycles. The Labute approximate surface area is 120 Å². The van der Waals surface area contributed by atoms with Gasteiger partial charge in [-0.2, -0.15) is 0 Å². The maximum absolute atomic E-state index is 11.9. The highest BCUT2D eigenvalue weighted by Crippen LogP contribution is 2.22. The smallest absolute Gasteiger partial charge is 0.183 e. The van der Waals surface area contributed by atoms with Crippen LogP contribution in [0.25, 0.3) is 16.9 Å². The van der Waals surface area contributed by atoms with Crippen molar-refractivity contribution in [3.05, 3.63) is 48.5 Å². The number of benzene rings is 1. The lowest BCUT2D eigenvalue weighted by molar-refractivity contribution is 0.596. The molecule has 0 saturated heterocycles. The van der Waals surface area contributed by atoms with E-state index in [0.717, 1.165) is 27.5 Å². The Morgan fingerprint density at radius 1 is 1.35 bits per heavy atom. The van der Waals surface area contributed by atoms with E-state index in [0.29, 0.717) is 5.75 Å². The summed E-state index contributed by atoms with van der Waals surface area (Å²) in [6, 6.07) is 9.57. The Kier molecular flexibility index (Phi) is 3.46. The van der Waals surface area contributed by atoms with E-state index in [-0.39, 0.29) is 0 Å². The molecule has 1 atom stereocenters. The molecule has 3 rings (SSSR count). The number of aromatic nitrogens is 3. The molecule has 0 saturated carbocycles. The molecule has 0 spiro atoms. The lowest BCUT2D eigenvalue weighted by Crippen LogP contribution is -2.03. The van der Waals surface area contributed by atoms with Crippen molar-refractivity contribution in [2.24, 2.45) is 0 Å². The van der Waals surface area contributed by atoms with Gasteiger partial charge in [0.1, 0.15) is 11.4 Å². The molecule has 0 N–H and O–H groups in total. The fourth-order valence-corrected chi connectivity index (χ4v) is 2.89. The van der Waals surface area contributed by atoms with Gasteiger partial charge < -0.3 is 4.55 Å². The number of hydrogen-bond donors (Lipinski definition) is 0. The van der Waals surface area contributed by atoms with Crippen LogP contribution < -0.4 is 0 Å². The summed E-state index contributed by atoms with van der Waals surface area (Å²) in [5.41, 5.74) is 3.47. The molecule has 5 heteroatoms. The highest BCUT2D eigenvalue weighted by molar-refractivity contribution is 7.91. The standard InChI is InChI=1S/C15H14N3OS/c1-3-20(19)13-6-4-5-12(7-13)14-8-15-17-11(2)9-18(15)10-16-14/h4-9H,3H2,1-2H3. The van der Waals surface area contributed by atoms with Crippen LogP contribution >= 0.6 is 0 Å². The monoisotopic (exact) mass is 284 g/mol. The zero-order valence-electron chi connectivity index (χ0n) is 11.3. The number of rotatable bonds is 3. The summed E-state index contributed by atoms with van der Waals surface area (Å²) in [4.78, 5) is 9.55. The molecule has 4 nitrogen and oxygen atoms in total. The van der Waals surface area contributed by atoms with Crippen molar-refractivity contribution in [3.8, 4) is 11.3 Å². The zero-order valence-corrected chi connectivity index (χ0v) is 12.1. The Bertz CT molecular complexity index is 754. The lowest BCUT2D eigenvalue weighted by Gasteiger charge is -2.09. The molecule has 1 aromatic carbocycles. The highest BCUT2D eigenvalue weighted by Gasteiger charge is 2.10. The van der Waals surface area contributed by atoms with Crippen LogP contribution in [0.5, 0.6) is 0 Å². The van der Waals surface area contributed by atoms with E-state index in [4.69, 9.17) is 0 Å². The molecule has 0 amide bonds. The minimum atomic E-state index is -0.956. The Balaban J connectivity index is 2.05. The first kappa shape index (κ1) is 13.1. The first-order valence-electron chi connectivity index (χ1n) is 6.40. The van der Waals surface area contributed by atoms with Crippen molar-refractivity contribution < 1.29 is 4.55 Å². The summed E-state index contributed by atoms with van der Waals surface area (Å²) in [6.07, 6.45) is 4.81. The molecule has 20 heavy (non-hydrogen) atoms. The quantitative estimate of drug-likeness (QED) is 0.695. The van der Waals surface area contributed by atoms with Gasteiger partial charge in [0.05, 0.1) is 11.4 Å². The summed E-state index contributed by atoms with van der Waals surface area (Å²) in [7, 11) is 0. The first-order valence-corrected chi connectivity index (χ1v) is 7.72. The second-order valence-electron chi connectivity index (χ2n) is 4.51. The van der Waals surface area contributed by atoms with Gasteiger partial charge in [-0.05, 0) is 31.1 Å². The maximum atomic E-state index is 11.9. The second-order valence-corrected chi connectivity index (χ2v) is 6.25. The van der Waals surface area contributed by atoms with Crippen LogP contribution in [0.2, 0.25) is 0 Å². The van der Waals surface area contributed by atoms with Crippen LogP contribution in [0.4, 0.5) is 0 Å². The van der Waals surface area contributed by atoms with E-state index >= 15 is 0 Å². The topological polar surface area (TPSA) is 53.2 Å². The third-order valence-corrected chi connectivity index (χ3v) is 4.36. The summed E-state index contributed by atoms with van der Waals surface area (Å²) in [5, 5.41) is 0. The van der Waals surface area contributed by atoms with E-state index in [2.05, 4.69) is 16.3 Å². The normalized spacial score (nSPS) is 12.8. The molecule has 101 valence electrons. The van der Waals surface area contributed by atoms with Crippen LogP contribution in [-0.2, 0) is 11.2 Å². The molecule has 1 unspecified atom stereocenters. The van der Waals surface area contributed by atoms with Crippen molar-refractivity contribution >= 4 is 16.8 Å². The van der Waals surface area contributed by atoms with E-state index < -0.39 is 11.2 Å². The van der Waals surface area contributed by atoms with Gasteiger partial charge in [-0.3, -0.25) is 4.40 Å². The third-order valence-electron chi connectivity index (χ3n) is 3.05. The summed E-state index contributed by atoms with van der Waals surface area (Å²) >= 11 is -0.956. The molecule has 0 aliphatic rings. The van der Waals surface area contributed by atoms with Crippen molar-refractivity contribution in [2.75, 3.05) is 5.75 Å². The Hall–Kier alpha value is -1.85. The summed E-state index contributed by atoms with van der Waals surface area (Å²) in [6.45, 7) is 3.85. The molecule has 0 bridgehead atoms. The molecular weight excluding hydrogens is 270 g/mol. The largest absolute Gasteiger partial charge is 0.611 e. The number of nitrogens with zero attached hydrogens (tertiary/aromatic N) is 3. The highest BCUT2D eigenvalue weighted by atomic mass is 32.2. The van der Waals surface area contributed by atoms with E-state index in [1.165, 1.54) is 0 Å². The van der Waals surface area contributed by atoms with Gasteiger partial charge in [0.25, 0.3) is 0 Å². The third kappa shape index (κ3) is 2.42. The van der Waals surface area contributed by atoms with Crippen LogP contribution in [0, 0.1) is 13.3 Å². The van der Waals surface area contributed by atoms with Crippen molar-refractivity contribution in [3.63, 3.8) is 0 Å². The van der Waals surface area contributed by atoms with E-state index in [1.54, 1.807) is 4.40 Å². The van der Waals surface area contributed by atoms with Crippen LogP contribution in [0.1, 0.15) is 12.6 Å². The van der Waals surface area contributed by atoms with Crippen molar-refractivity contribution in [1.82, 2.24) is 14.4 Å². The molecule has 3 aromatic rings. The zero-order chi connectivity index (χ0) is 14.1. The SMILES string of the molecule is CC[S+]([O-])c1cccc(-c2cc3nc(C)cn3[c]n2)c1. The van der Waals surface area contributed by atoms with Crippen LogP contribution in [-0.4, -0.2) is 24.7 Å².